The van der Waals surface area contributed by atoms with Gasteiger partial charge in [0.1, 0.15) is 0 Å². The van der Waals surface area contributed by atoms with Crippen LogP contribution in [0.5, 0.6) is 0 Å². The average Bonchev–Trinajstić information content (AvgIpc) is 2.00. The summed E-state index contributed by atoms with van der Waals surface area (Å²) in [5, 5.41) is 0. The van der Waals surface area contributed by atoms with Gasteiger partial charge in [-0.3, -0.25) is 4.79 Å². The van der Waals surface area contributed by atoms with Crippen LogP contribution in [0, 0.1) is 5.92 Å². The first-order valence-corrected chi connectivity index (χ1v) is 4.67. The standard InChI is InChI=1S/C9H21N3O/c1-7(9(11)13)6-12(3)5-4-8(2)10/h7-8H,4-6,10H2,1-3H3,(H2,11,13). The Balaban J connectivity index is 3.61. The highest BCUT2D eigenvalue weighted by molar-refractivity contribution is 5.76. The first-order valence-electron chi connectivity index (χ1n) is 4.67. The molecule has 0 aromatic carbocycles. The summed E-state index contributed by atoms with van der Waals surface area (Å²) in [5.41, 5.74) is 10.8. The number of rotatable bonds is 6. The van der Waals surface area contributed by atoms with Crippen LogP contribution in [-0.2, 0) is 4.79 Å². The first-order chi connectivity index (χ1) is 5.93. The summed E-state index contributed by atoms with van der Waals surface area (Å²) >= 11 is 0. The maximum Gasteiger partial charge on any atom is 0.221 e. The molecule has 2 unspecified atom stereocenters. The van der Waals surface area contributed by atoms with Crippen molar-refractivity contribution in [2.24, 2.45) is 17.4 Å². The second-order valence-electron chi connectivity index (χ2n) is 3.83. The fourth-order valence-corrected chi connectivity index (χ4v) is 1.07. The highest BCUT2D eigenvalue weighted by atomic mass is 16.1. The number of amides is 1. The van der Waals surface area contributed by atoms with Gasteiger partial charge in [-0.25, -0.2) is 0 Å². The molecule has 0 heterocycles. The minimum Gasteiger partial charge on any atom is -0.369 e. The number of carbonyl (C=O) groups is 1. The molecule has 0 fully saturated rings. The Hall–Kier alpha value is -0.610. The minimum atomic E-state index is -0.243. The third kappa shape index (κ3) is 6.54. The smallest absolute Gasteiger partial charge is 0.221 e. The Morgan fingerprint density at radius 2 is 2.00 bits per heavy atom. The predicted molar refractivity (Wildman–Crippen MR) is 54.1 cm³/mol. The molecule has 4 heteroatoms. The van der Waals surface area contributed by atoms with Crippen LogP contribution in [-0.4, -0.2) is 37.0 Å². The number of nitrogens with zero attached hydrogens (tertiary/aromatic N) is 1. The van der Waals surface area contributed by atoms with Crippen molar-refractivity contribution in [3.05, 3.63) is 0 Å². The van der Waals surface area contributed by atoms with Crippen molar-refractivity contribution in [2.75, 3.05) is 20.1 Å². The fourth-order valence-electron chi connectivity index (χ4n) is 1.07. The molecule has 0 aromatic heterocycles. The van der Waals surface area contributed by atoms with Crippen molar-refractivity contribution in [1.82, 2.24) is 4.90 Å². The van der Waals surface area contributed by atoms with Crippen molar-refractivity contribution in [2.45, 2.75) is 26.3 Å². The molecule has 0 aliphatic rings. The molecular formula is C9H21N3O. The van der Waals surface area contributed by atoms with Gasteiger partial charge in [0.2, 0.25) is 5.91 Å². The molecule has 13 heavy (non-hydrogen) atoms. The minimum absolute atomic E-state index is 0.0851. The van der Waals surface area contributed by atoms with Crippen molar-refractivity contribution in [3.63, 3.8) is 0 Å². The van der Waals surface area contributed by atoms with Gasteiger partial charge in [-0.15, -0.1) is 0 Å². The van der Waals surface area contributed by atoms with E-state index in [1.165, 1.54) is 0 Å². The summed E-state index contributed by atoms with van der Waals surface area (Å²) in [7, 11) is 1.97. The Morgan fingerprint density at radius 1 is 1.46 bits per heavy atom. The van der Waals surface area contributed by atoms with Crippen LogP contribution >= 0.6 is 0 Å². The van der Waals surface area contributed by atoms with Crippen LogP contribution in [0.3, 0.4) is 0 Å². The third-order valence-corrected chi connectivity index (χ3v) is 2.04. The number of primary amides is 1. The normalized spacial score (nSPS) is 15.8. The van der Waals surface area contributed by atoms with Gasteiger partial charge in [0.25, 0.3) is 0 Å². The third-order valence-electron chi connectivity index (χ3n) is 2.04. The Morgan fingerprint density at radius 3 is 2.38 bits per heavy atom. The summed E-state index contributed by atoms with van der Waals surface area (Å²) in [6.45, 7) is 5.44. The van der Waals surface area contributed by atoms with E-state index in [-0.39, 0.29) is 17.9 Å². The lowest BCUT2D eigenvalue weighted by molar-refractivity contribution is -0.121. The van der Waals surface area contributed by atoms with Gasteiger partial charge in [0.05, 0.1) is 0 Å². The maximum absolute atomic E-state index is 10.7. The second-order valence-corrected chi connectivity index (χ2v) is 3.83. The van der Waals surface area contributed by atoms with Crippen LogP contribution in [0.4, 0.5) is 0 Å². The van der Waals surface area contributed by atoms with Crippen LogP contribution in [0.1, 0.15) is 20.3 Å². The van der Waals surface area contributed by atoms with Gasteiger partial charge >= 0.3 is 0 Å². The number of nitrogens with two attached hydrogens (primary N) is 2. The molecule has 0 spiro atoms. The number of hydrogen-bond donors (Lipinski definition) is 2. The molecule has 0 aliphatic carbocycles. The molecule has 4 N–H and O–H groups in total. The molecule has 1 amide bonds. The highest BCUT2D eigenvalue weighted by Gasteiger charge is 2.11. The van der Waals surface area contributed by atoms with Crippen LogP contribution < -0.4 is 11.5 Å². The molecular weight excluding hydrogens is 166 g/mol. The van der Waals surface area contributed by atoms with Crippen LogP contribution in [0.25, 0.3) is 0 Å². The molecule has 0 aromatic rings. The van der Waals surface area contributed by atoms with E-state index in [4.69, 9.17) is 11.5 Å². The second kappa shape index (κ2) is 5.94. The zero-order valence-electron chi connectivity index (χ0n) is 8.79. The van der Waals surface area contributed by atoms with Crippen LogP contribution in [0.15, 0.2) is 0 Å². The monoisotopic (exact) mass is 187 g/mol. The van der Waals surface area contributed by atoms with E-state index in [0.717, 1.165) is 13.0 Å². The molecule has 0 aliphatic heterocycles. The first kappa shape index (κ1) is 12.4. The molecule has 0 rings (SSSR count). The summed E-state index contributed by atoms with van der Waals surface area (Å²) in [5.74, 6) is -0.328. The van der Waals surface area contributed by atoms with E-state index in [1.54, 1.807) is 0 Å². The summed E-state index contributed by atoms with van der Waals surface area (Å²) < 4.78 is 0. The van der Waals surface area contributed by atoms with E-state index < -0.39 is 0 Å². The molecule has 78 valence electrons. The molecule has 2 atom stereocenters. The Bertz CT molecular complexity index is 159. The Kier molecular flexibility index (Phi) is 5.66. The van der Waals surface area contributed by atoms with Crippen molar-refractivity contribution in [1.29, 1.82) is 0 Å². The van der Waals surface area contributed by atoms with E-state index in [2.05, 4.69) is 4.90 Å². The lowest BCUT2D eigenvalue weighted by Gasteiger charge is -2.20. The van der Waals surface area contributed by atoms with Gasteiger partial charge < -0.3 is 16.4 Å². The summed E-state index contributed by atoms with van der Waals surface area (Å²) in [6.07, 6.45) is 0.946. The SMILES string of the molecule is CC(N)CCN(C)CC(C)C(N)=O. The van der Waals surface area contributed by atoms with E-state index in [9.17, 15) is 4.79 Å². The summed E-state index contributed by atoms with van der Waals surface area (Å²) in [6, 6.07) is 0.214. The van der Waals surface area contributed by atoms with E-state index in [1.807, 2.05) is 20.9 Å². The van der Waals surface area contributed by atoms with Gasteiger partial charge in [-0.2, -0.15) is 0 Å². The molecule has 0 bridgehead atoms. The van der Waals surface area contributed by atoms with E-state index >= 15 is 0 Å². The zero-order chi connectivity index (χ0) is 10.4. The van der Waals surface area contributed by atoms with Crippen LogP contribution in [0.2, 0.25) is 0 Å². The average molecular weight is 187 g/mol. The topological polar surface area (TPSA) is 72.3 Å². The zero-order valence-corrected chi connectivity index (χ0v) is 8.79. The molecule has 0 saturated carbocycles. The van der Waals surface area contributed by atoms with Gasteiger partial charge in [-0.1, -0.05) is 6.92 Å². The number of hydrogen-bond acceptors (Lipinski definition) is 3. The van der Waals surface area contributed by atoms with Crippen molar-refractivity contribution >= 4 is 5.91 Å². The van der Waals surface area contributed by atoms with Crippen molar-refractivity contribution in [3.8, 4) is 0 Å². The largest absolute Gasteiger partial charge is 0.369 e. The predicted octanol–water partition coefficient (Wildman–Crippen LogP) is -0.223. The van der Waals surface area contributed by atoms with Gasteiger partial charge in [0.15, 0.2) is 0 Å². The van der Waals surface area contributed by atoms with Gasteiger partial charge in [0, 0.05) is 18.5 Å². The summed E-state index contributed by atoms with van der Waals surface area (Å²) in [4.78, 5) is 12.8. The molecule has 4 nitrogen and oxygen atoms in total. The lowest BCUT2D eigenvalue weighted by atomic mass is 10.1. The maximum atomic E-state index is 10.7. The lowest BCUT2D eigenvalue weighted by Crippen LogP contribution is -2.34. The van der Waals surface area contributed by atoms with Crippen molar-refractivity contribution < 1.29 is 4.79 Å². The van der Waals surface area contributed by atoms with Gasteiger partial charge in [-0.05, 0) is 26.9 Å². The molecule has 0 saturated heterocycles. The highest BCUT2D eigenvalue weighted by Crippen LogP contribution is 1.98. The fraction of sp³-hybridized carbons (Fsp3) is 0.889. The molecule has 0 radical (unpaired) electrons. The van der Waals surface area contributed by atoms with E-state index in [0.29, 0.717) is 6.54 Å². The quantitative estimate of drug-likeness (QED) is 0.603. The number of carbonyl (C=O) groups excluding carboxylic acids is 1. The Labute approximate surface area is 80.3 Å².